The number of ether oxygens (including phenoxy) is 1. The fourth-order valence-electron chi connectivity index (χ4n) is 2.63. The summed E-state index contributed by atoms with van der Waals surface area (Å²) in [6.07, 6.45) is 1.33. The largest absolute Gasteiger partial charge is 0.450 e. The molecule has 0 aliphatic carbocycles. The Hall–Kier alpha value is -2.77. The van der Waals surface area contributed by atoms with E-state index in [9.17, 15) is 9.59 Å². The number of amides is 2. The molecule has 0 radical (unpaired) electrons. The third-order valence-electron chi connectivity index (χ3n) is 4.04. The van der Waals surface area contributed by atoms with Crippen molar-refractivity contribution in [2.75, 3.05) is 19.7 Å². The molecule has 0 spiro atoms. The topological polar surface area (TPSA) is 123 Å². The van der Waals surface area contributed by atoms with Crippen molar-refractivity contribution < 1.29 is 14.3 Å². The number of primary amides is 1. The second-order valence-corrected chi connectivity index (χ2v) is 5.87. The SMILES string of the molecule is CCOC(=O)N1CCC(NC(N)=NCc2ccc(C(N)=O)cc2)CC1. The van der Waals surface area contributed by atoms with E-state index in [4.69, 9.17) is 16.2 Å². The van der Waals surface area contributed by atoms with Gasteiger partial charge in [-0.3, -0.25) is 4.79 Å². The molecule has 8 heteroatoms. The lowest BCUT2D eigenvalue weighted by Crippen LogP contribution is -2.48. The van der Waals surface area contributed by atoms with Crippen LogP contribution in [0.2, 0.25) is 0 Å². The maximum absolute atomic E-state index is 11.7. The molecule has 1 aliphatic heterocycles. The number of nitrogens with one attached hydrogen (secondary N) is 1. The summed E-state index contributed by atoms with van der Waals surface area (Å²) in [5.74, 6) is -0.0843. The molecular formula is C17H25N5O3. The standard InChI is InChI=1S/C17H25N5O3/c1-2-25-17(24)22-9-7-14(8-10-22)21-16(19)20-11-12-3-5-13(6-4-12)15(18)23/h3-6,14H,2,7-11H2,1H3,(H2,18,23)(H3,19,20,21). The van der Waals surface area contributed by atoms with Gasteiger partial charge in [-0.2, -0.15) is 0 Å². The van der Waals surface area contributed by atoms with Crippen molar-refractivity contribution in [1.82, 2.24) is 10.2 Å². The van der Waals surface area contributed by atoms with E-state index in [1.165, 1.54) is 0 Å². The minimum atomic E-state index is -0.453. The molecule has 1 aromatic carbocycles. The van der Waals surface area contributed by atoms with Gasteiger partial charge in [0.25, 0.3) is 0 Å². The molecule has 25 heavy (non-hydrogen) atoms. The van der Waals surface area contributed by atoms with E-state index in [0.29, 0.717) is 37.8 Å². The van der Waals surface area contributed by atoms with Gasteiger partial charge in [0, 0.05) is 24.7 Å². The van der Waals surface area contributed by atoms with Crippen molar-refractivity contribution in [3.05, 3.63) is 35.4 Å². The zero-order chi connectivity index (χ0) is 18.2. The number of rotatable bonds is 5. The molecule has 2 rings (SSSR count). The molecule has 0 aromatic heterocycles. The Morgan fingerprint density at radius 1 is 1.24 bits per heavy atom. The Bertz CT molecular complexity index is 622. The first-order chi connectivity index (χ1) is 12.0. The molecule has 8 nitrogen and oxygen atoms in total. The number of nitrogens with two attached hydrogens (primary N) is 2. The molecule has 0 bridgehead atoms. The van der Waals surface area contributed by atoms with E-state index in [-0.39, 0.29) is 12.1 Å². The number of carbonyl (C=O) groups is 2. The van der Waals surface area contributed by atoms with Crippen molar-refractivity contribution in [3.8, 4) is 0 Å². The summed E-state index contributed by atoms with van der Waals surface area (Å²) in [5, 5.41) is 3.19. The van der Waals surface area contributed by atoms with Gasteiger partial charge in [0.2, 0.25) is 5.91 Å². The van der Waals surface area contributed by atoms with Crippen molar-refractivity contribution in [3.63, 3.8) is 0 Å². The molecule has 1 aromatic rings. The van der Waals surface area contributed by atoms with Gasteiger partial charge >= 0.3 is 6.09 Å². The second kappa shape index (κ2) is 8.91. The third kappa shape index (κ3) is 5.66. The van der Waals surface area contributed by atoms with E-state index in [0.717, 1.165) is 18.4 Å². The molecule has 136 valence electrons. The minimum Gasteiger partial charge on any atom is -0.450 e. The van der Waals surface area contributed by atoms with Crippen LogP contribution in [0.15, 0.2) is 29.3 Å². The van der Waals surface area contributed by atoms with E-state index in [2.05, 4.69) is 10.3 Å². The predicted molar refractivity (Wildman–Crippen MR) is 95.0 cm³/mol. The fraction of sp³-hybridized carbons (Fsp3) is 0.471. The summed E-state index contributed by atoms with van der Waals surface area (Å²) >= 11 is 0. The number of hydrogen-bond donors (Lipinski definition) is 3. The Balaban J connectivity index is 1.78. The van der Waals surface area contributed by atoms with Crippen molar-refractivity contribution >= 4 is 18.0 Å². The van der Waals surface area contributed by atoms with E-state index >= 15 is 0 Å². The number of aliphatic imine (C=N–C) groups is 1. The summed E-state index contributed by atoms with van der Waals surface area (Å²) in [7, 11) is 0. The van der Waals surface area contributed by atoms with Gasteiger partial charge < -0.3 is 26.4 Å². The molecule has 0 atom stereocenters. The number of benzene rings is 1. The highest BCUT2D eigenvalue weighted by atomic mass is 16.6. The Labute approximate surface area is 147 Å². The number of carbonyl (C=O) groups excluding carboxylic acids is 2. The van der Waals surface area contributed by atoms with Crippen LogP contribution >= 0.6 is 0 Å². The van der Waals surface area contributed by atoms with Crippen molar-refractivity contribution in [1.29, 1.82) is 0 Å². The Kier molecular flexibility index (Phi) is 6.62. The van der Waals surface area contributed by atoms with Crippen LogP contribution < -0.4 is 16.8 Å². The quantitative estimate of drug-likeness (QED) is 0.537. The summed E-state index contributed by atoms with van der Waals surface area (Å²) in [4.78, 5) is 28.7. The smallest absolute Gasteiger partial charge is 0.409 e. The minimum absolute atomic E-state index is 0.187. The molecule has 2 amide bonds. The lowest BCUT2D eigenvalue weighted by atomic mass is 10.1. The highest BCUT2D eigenvalue weighted by Crippen LogP contribution is 2.11. The molecule has 1 heterocycles. The fourth-order valence-corrected chi connectivity index (χ4v) is 2.63. The lowest BCUT2D eigenvalue weighted by molar-refractivity contribution is 0.0961. The van der Waals surface area contributed by atoms with Gasteiger partial charge in [-0.1, -0.05) is 12.1 Å². The van der Waals surface area contributed by atoms with Crippen LogP contribution in [-0.4, -0.2) is 48.6 Å². The van der Waals surface area contributed by atoms with Gasteiger partial charge in [0.15, 0.2) is 5.96 Å². The van der Waals surface area contributed by atoms with Crippen LogP contribution in [0, 0.1) is 0 Å². The second-order valence-electron chi connectivity index (χ2n) is 5.87. The molecule has 1 fully saturated rings. The number of likely N-dealkylation sites (tertiary alicyclic amines) is 1. The maximum Gasteiger partial charge on any atom is 0.409 e. The van der Waals surface area contributed by atoms with E-state index < -0.39 is 5.91 Å². The highest BCUT2D eigenvalue weighted by molar-refractivity contribution is 5.92. The van der Waals surface area contributed by atoms with Crippen LogP contribution in [0.5, 0.6) is 0 Å². The monoisotopic (exact) mass is 347 g/mol. The molecule has 1 aliphatic rings. The number of guanidine groups is 1. The zero-order valence-electron chi connectivity index (χ0n) is 14.4. The van der Waals surface area contributed by atoms with Crippen molar-refractivity contribution in [2.45, 2.75) is 32.4 Å². The van der Waals surface area contributed by atoms with E-state index in [1.54, 1.807) is 36.1 Å². The lowest BCUT2D eigenvalue weighted by Gasteiger charge is -2.31. The summed E-state index contributed by atoms with van der Waals surface area (Å²) in [6, 6.07) is 7.12. The van der Waals surface area contributed by atoms with Gasteiger partial charge in [-0.15, -0.1) is 0 Å². The zero-order valence-corrected chi connectivity index (χ0v) is 14.4. The molecule has 5 N–H and O–H groups in total. The Morgan fingerprint density at radius 3 is 2.44 bits per heavy atom. The normalized spacial score (nSPS) is 15.7. The highest BCUT2D eigenvalue weighted by Gasteiger charge is 2.23. The number of hydrogen-bond acceptors (Lipinski definition) is 4. The summed E-state index contributed by atoms with van der Waals surface area (Å²) in [5.41, 5.74) is 12.5. The van der Waals surface area contributed by atoms with Crippen LogP contribution in [0.3, 0.4) is 0 Å². The third-order valence-corrected chi connectivity index (χ3v) is 4.04. The van der Waals surface area contributed by atoms with E-state index in [1.807, 2.05) is 0 Å². The summed E-state index contributed by atoms with van der Waals surface area (Å²) < 4.78 is 5.00. The first-order valence-corrected chi connectivity index (χ1v) is 8.36. The maximum atomic E-state index is 11.7. The van der Waals surface area contributed by atoms with Gasteiger partial charge in [0.05, 0.1) is 13.2 Å². The average molecular weight is 347 g/mol. The predicted octanol–water partition coefficient (Wildman–Crippen LogP) is 0.811. The van der Waals surface area contributed by atoms with Crippen LogP contribution in [0.1, 0.15) is 35.7 Å². The van der Waals surface area contributed by atoms with Crippen LogP contribution in [0.25, 0.3) is 0 Å². The molecule has 1 saturated heterocycles. The number of piperidine rings is 1. The van der Waals surface area contributed by atoms with Crippen LogP contribution in [0.4, 0.5) is 4.79 Å². The first-order valence-electron chi connectivity index (χ1n) is 8.36. The molecule has 0 saturated carbocycles. The summed E-state index contributed by atoms with van der Waals surface area (Å²) in [6.45, 7) is 3.87. The molecule has 0 unspecified atom stereocenters. The average Bonchev–Trinajstić information content (AvgIpc) is 2.61. The van der Waals surface area contributed by atoms with Gasteiger partial charge in [0.1, 0.15) is 0 Å². The van der Waals surface area contributed by atoms with Gasteiger partial charge in [-0.25, -0.2) is 9.79 Å². The molecular weight excluding hydrogens is 322 g/mol. The van der Waals surface area contributed by atoms with Gasteiger partial charge in [-0.05, 0) is 37.5 Å². The Morgan fingerprint density at radius 2 is 1.88 bits per heavy atom. The van der Waals surface area contributed by atoms with Crippen LogP contribution in [-0.2, 0) is 11.3 Å². The van der Waals surface area contributed by atoms with Crippen molar-refractivity contribution in [2.24, 2.45) is 16.5 Å². The first kappa shape index (κ1) is 18.6. The number of nitrogens with zero attached hydrogens (tertiary/aromatic N) is 2.